The van der Waals surface area contributed by atoms with E-state index in [1.54, 1.807) is 12.1 Å². The van der Waals surface area contributed by atoms with E-state index in [2.05, 4.69) is 18.3 Å². The van der Waals surface area contributed by atoms with Gasteiger partial charge in [0.15, 0.2) is 0 Å². The van der Waals surface area contributed by atoms with Crippen LogP contribution in [0.25, 0.3) is 10.6 Å². The summed E-state index contributed by atoms with van der Waals surface area (Å²) in [7, 11) is -3.68. The molecule has 0 saturated carbocycles. The Hall–Kier alpha value is -2.85. The molecule has 2 bridgehead atoms. The van der Waals surface area contributed by atoms with Crippen molar-refractivity contribution in [2.75, 3.05) is 0 Å². The lowest BCUT2D eigenvalue weighted by atomic mass is 9.83. The van der Waals surface area contributed by atoms with Crippen molar-refractivity contribution >= 4 is 20.4 Å². The highest BCUT2D eigenvalue weighted by molar-refractivity contribution is 8.01. The van der Waals surface area contributed by atoms with Gasteiger partial charge in [-0.25, -0.2) is 8.42 Å². The van der Waals surface area contributed by atoms with Crippen molar-refractivity contribution in [1.82, 2.24) is 5.32 Å². The van der Waals surface area contributed by atoms with Crippen LogP contribution in [0.3, 0.4) is 0 Å². The Morgan fingerprint density at radius 3 is 2.00 bits per heavy atom. The fourth-order valence-electron chi connectivity index (χ4n) is 4.28. The van der Waals surface area contributed by atoms with Crippen LogP contribution in [0, 0.1) is 6.92 Å². The Bertz CT molecular complexity index is 1220. The van der Waals surface area contributed by atoms with E-state index in [0.717, 1.165) is 27.8 Å². The standard InChI is InChI=1S/C23H19NO2S/c1-15-11-13-16(14-12-15)27(25,26)22-18-8-4-6-10-20(18)23(2)19-9-5-3-7-17(19)21(22)24-23/h3-14,24H,1-2H3. The summed E-state index contributed by atoms with van der Waals surface area (Å²) in [6.45, 7) is 4.07. The molecule has 5 rings (SSSR count). The molecule has 2 aliphatic rings. The highest BCUT2D eigenvalue weighted by Crippen LogP contribution is 2.52. The summed E-state index contributed by atoms with van der Waals surface area (Å²) < 4.78 is 27.3. The van der Waals surface area contributed by atoms with Crippen LogP contribution in [-0.2, 0) is 15.4 Å². The second kappa shape index (κ2) is 5.33. The second-order valence-corrected chi connectivity index (χ2v) is 9.25. The molecule has 0 aromatic heterocycles. The van der Waals surface area contributed by atoms with Crippen LogP contribution < -0.4 is 5.32 Å². The fourth-order valence-corrected chi connectivity index (χ4v) is 5.91. The maximum absolute atomic E-state index is 13.7. The van der Waals surface area contributed by atoms with Gasteiger partial charge < -0.3 is 5.32 Å². The van der Waals surface area contributed by atoms with Gasteiger partial charge in [-0.15, -0.1) is 0 Å². The van der Waals surface area contributed by atoms with Crippen LogP contribution in [0.5, 0.6) is 0 Å². The first-order valence-corrected chi connectivity index (χ1v) is 10.5. The van der Waals surface area contributed by atoms with Crippen molar-refractivity contribution in [2.45, 2.75) is 24.3 Å². The van der Waals surface area contributed by atoms with Crippen molar-refractivity contribution < 1.29 is 8.42 Å². The minimum atomic E-state index is -3.68. The number of aryl methyl sites for hydroxylation is 1. The van der Waals surface area contributed by atoms with E-state index in [-0.39, 0.29) is 0 Å². The highest BCUT2D eigenvalue weighted by atomic mass is 32.2. The lowest BCUT2D eigenvalue weighted by Gasteiger charge is -2.34. The number of rotatable bonds is 2. The van der Waals surface area contributed by atoms with Gasteiger partial charge in [0.25, 0.3) is 0 Å². The SMILES string of the molecule is Cc1ccc(S(=O)(=O)C2=C3NC(C)(c4ccccc43)c3ccccc32)cc1. The lowest BCUT2D eigenvalue weighted by Crippen LogP contribution is -2.38. The monoisotopic (exact) mass is 373 g/mol. The molecule has 4 heteroatoms. The maximum atomic E-state index is 13.7. The topological polar surface area (TPSA) is 46.2 Å². The summed E-state index contributed by atoms with van der Waals surface area (Å²) in [5.74, 6) is 0. The van der Waals surface area contributed by atoms with Gasteiger partial charge in [-0.3, -0.25) is 0 Å². The minimum absolute atomic E-state index is 0.320. The molecule has 1 aliphatic carbocycles. The van der Waals surface area contributed by atoms with E-state index in [1.807, 2.05) is 61.5 Å². The first-order valence-electron chi connectivity index (χ1n) is 8.97. The molecule has 27 heavy (non-hydrogen) atoms. The third-order valence-electron chi connectivity index (χ3n) is 5.65. The zero-order valence-electron chi connectivity index (χ0n) is 15.2. The molecule has 0 amide bonds. The Kier molecular flexibility index (Phi) is 3.23. The second-order valence-electron chi connectivity index (χ2n) is 7.36. The zero-order valence-corrected chi connectivity index (χ0v) is 16.0. The van der Waals surface area contributed by atoms with Crippen molar-refractivity contribution in [3.8, 4) is 0 Å². The normalized spacial score (nSPS) is 20.1. The van der Waals surface area contributed by atoms with Crippen LogP contribution in [0.4, 0.5) is 0 Å². The largest absolute Gasteiger partial charge is 0.370 e. The molecular formula is C23H19NO2S. The Labute approximate surface area is 159 Å². The van der Waals surface area contributed by atoms with Gasteiger partial charge in [-0.05, 0) is 37.1 Å². The summed E-state index contributed by atoms with van der Waals surface area (Å²) in [6, 6.07) is 22.9. The maximum Gasteiger partial charge on any atom is 0.209 e. The molecule has 1 atom stereocenters. The molecule has 1 N–H and O–H groups in total. The average Bonchev–Trinajstić information content (AvgIpc) is 2.92. The Balaban J connectivity index is 1.88. The molecular weight excluding hydrogens is 354 g/mol. The summed E-state index contributed by atoms with van der Waals surface area (Å²) in [4.78, 5) is 0.685. The quantitative estimate of drug-likeness (QED) is 0.721. The van der Waals surface area contributed by atoms with Crippen molar-refractivity contribution in [3.05, 3.63) is 101 Å². The van der Waals surface area contributed by atoms with Crippen LogP contribution in [0.2, 0.25) is 0 Å². The first-order chi connectivity index (χ1) is 12.9. The van der Waals surface area contributed by atoms with Gasteiger partial charge in [0, 0.05) is 11.1 Å². The van der Waals surface area contributed by atoms with E-state index in [9.17, 15) is 8.42 Å². The summed E-state index contributed by atoms with van der Waals surface area (Å²) in [5.41, 5.74) is 5.16. The van der Waals surface area contributed by atoms with E-state index in [1.165, 1.54) is 0 Å². The highest BCUT2D eigenvalue weighted by Gasteiger charge is 2.47. The smallest absolute Gasteiger partial charge is 0.209 e. The van der Waals surface area contributed by atoms with Crippen molar-refractivity contribution in [1.29, 1.82) is 0 Å². The zero-order chi connectivity index (χ0) is 18.8. The Morgan fingerprint density at radius 1 is 0.778 bits per heavy atom. The molecule has 1 aliphatic heterocycles. The molecule has 1 unspecified atom stereocenters. The molecule has 0 saturated heterocycles. The van der Waals surface area contributed by atoms with Crippen molar-refractivity contribution in [3.63, 3.8) is 0 Å². The molecule has 134 valence electrons. The van der Waals surface area contributed by atoms with Gasteiger partial charge in [-0.1, -0.05) is 66.2 Å². The Morgan fingerprint density at radius 2 is 1.33 bits per heavy atom. The molecule has 0 fully saturated rings. The van der Waals surface area contributed by atoms with Crippen molar-refractivity contribution in [2.24, 2.45) is 0 Å². The van der Waals surface area contributed by atoms with Gasteiger partial charge >= 0.3 is 0 Å². The predicted molar refractivity (Wildman–Crippen MR) is 108 cm³/mol. The van der Waals surface area contributed by atoms with Gasteiger partial charge in [0.2, 0.25) is 9.84 Å². The number of fused-ring (bicyclic) bond motifs is 2. The number of benzene rings is 3. The van der Waals surface area contributed by atoms with Crippen LogP contribution in [0.15, 0.2) is 77.7 Å². The molecule has 1 heterocycles. The number of sulfone groups is 1. The molecule has 3 aromatic carbocycles. The molecule has 3 nitrogen and oxygen atoms in total. The third kappa shape index (κ3) is 2.10. The lowest BCUT2D eigenvalue weighted by molar-refractivity contribution is 0.537. The van der Waals surface area contributed by atoms with Gasteiger partial charge in [0.1, 0.15) is 4.91 Å². The van der Waals surface area contributed by atoms with E-state index >= 15 is 0 Å². The minimum Gasteiger partial charge on any atom is -0.370 e. The van der Waals surface area contributed by atoms with Crippen LogP contribution in [0.1, 0.15) is 34.7 Å². The first kappa shape index (κ1) is 16.3. The summed E-state index contributed by atoms with van der Waals surface area (Å²) in [5, 5.41) is 3.53. The molecule has 0 radical (unpaired) electrons. The molecule has 0 spiro atoms. The predicted octanol–water partition coefficient (Wildman–Crippen LogP) is 4.47. The fraction of sp³-hybridized carbons (Fsp3) is 0.130. The van der Waals surface area contributed by atoms with E-state index < -0.39 is 15.4 Å². The van der Waals surface area contributed by atoms with Crippen LogP contribution in [-0.4, -0.2) is 8.42 Å². The van der Waals surface area contributed by atoms with Gasteiger partial charge in [-0.2, -0.15) is 0 Å². The van der Waals surface area contributed by atoms with Gasteiger partial charge in [0.05, 0.1) is 16.1 Å². The van der Waals surface area contributed by atoms with E-state index in [0.29, 0.717) is 15.5 Å². The number of nitrogens with one attached hydrogen (secondary N) is 1. The van der Waals surface area contributed by atoms with E-state index in [4.69, 9.17) is 0 Å². The molecule has 3 aromatic rings. The van der Waals surface area contributed by atoms with Crippen LogP contribution >= 0.6 is 0 Å². The number of hydrogen-bond acceptors (Lipinski definition) is 3. The summed E-state index contributed by atoms with van der Waals surface area (Å²) in [6.07, 6.45) is 0. The average molecular weight is 373 g/mol. The third-order valence-corrected chi connectivity index (χ3v) is 7.50. The summed E-state index contributed by atoms with van der Waals surface area (Å²) >= 11 is 0. The number of hydrogen-bond donors (Lipinski definition) is 1.